The van der Waals surface area contributed by atoms with E-state index in [1.165, 1.54) is 12.1 Å². The highest BCUT2D eigenvalue weighted by Gasteiger charge is 2.37. The van der Waals surface area contributed by atoms with Crippen molar-refractivity contribution in [1.29, 1.82) is 0 Å². The van der Waals surface area contributed by atoms with Crippen LogP contribution < -0.4 is 0 Å². The largest absolute Gasteiger partial charge is 0.386 e. The van der Waals surface area contributed by atoms with Crippen LogP contribution in [-0.2, 0) is 29.0 Å². The number of aldehydes is 1. The van der Waals surface area contributed by atoms with Crippen molar-refractivity contribution in [3.05, 3.63) is 65.0 Å². The Morgan fingerprint density at radius 2 is 1.87 bits per heavy atom. The third kappa shape index (κ3) is 4.82. The summed E-state index contributed by atoms with van der Waals surface area (Å²) >= 11 is 0. The van der Waals surface area contributed by atoms with Gasteiger partial charge in [-0.3, -0.25) is 4.57 Å². The maximum Gasteiger partial charge on any atom is 0.290 e. The molecule has 0 spiro atoms. The Kier molecular flexibility index (Phi) is 6.55. The number of aliphatic hydroxyl groups is 1. The first-order chi connectivity index (χ1) is 14.6. The highest BCUT2D eigenvalue weighted by atomic mass is 19.1. The van der Waals surface area contributed by atoms with Crippen LogP contribution in [0, 0.1) is 11.9 Å². The minimum atomic E-state index is -0.930. The van der Waals surface area contributed by atoms with E-state index in [0.717, 1.165) is 36.4 Å². The van der Waals surface area contributed by atoms with Gasteiger partial charge in [-0.25, -0.2) is 13.8 Å². The summed E-state index contributed by atoms with van der Waals surface area (Å²) in [6, 6.07) is 9.21. The van der Waals surface area contributed by atoms with Gasteiger partial charge < -0.3 is 9.90 Å². The number of fused-ring (bicyclic) bond motifs is 1. The Balaban J connectivity index is 0.000000196. The molecule has 0 saturated heterocycles. The Morgan fingerprint density at radius 3 is 2.42 bits per heavy atom. The van der Waals surface area contributed by atoms with Gasteiger partial charge in [-0.1, -0.05) is 12.1 Å². The second-order valence-corrected chi connectivity index (χ2v) is 8.75. The molecule has 1 N–H and O–H groups in total. The van der Waals surface area contributed by atoms with E-state index in [4.69, 9.17) is 0 Å². The fraction of sp³-hybridized carbons (Fsp3) is 0.417. The number of carbonyl (C=O) groups is 1. The zero-order chi connectivity index (χ0) is 22.8. The van der Waals surface area contributed by atoms with Gasteiger partial charge in [0.2, 0.25) is 0 Å². The molecule has 0 bridgehead atoms. The molecular weight excluding hydrogens is 405 g/mol. The maximum atomic E-state index is 14.1. The molecule has 0 radical (unpaired) electrons. The van der Waals surface area contributed by atoms with Crippen molar-refractivity contribution < 1.29 is 23.1 Å². The molecule has 2 aromatic carbocycles. The molecule has 3 aromatic rings. The van der Waals surface area contributed by atoms with Crippen molar-refractivity contribution in [3.8, 4) is 0 Å². The third-order valence-corrected chi connectivity index (χ3v) is 5.91. The van der Waals surface area contributed by atoms with Crippen LogP contribution in [0.4, 0.5) is 13.2 Å². The number of hydrogen-bond donors (Lipinski definition) is 1. The lowest BCUT2D eigenvalue weighted by Gasteiger charge is -2.40. The van der Waals surface area contributed by atoms with E-state index in [1.54, 1.807) is 24.5 Å². The summed E-state index contributed by atoms with van der Waals surface area (Å²) in [5, 5.41) is 10.1. The van der Waals surface area contributed by atoms with Gasteiger partial charge in [0.15, 0.2) is 0 Å². The van der Waals surface area contributed by atoms with E-state index in [9.17, 15) is 23.1 Å². The average Bonchev–Trinajstić information content (AvgIpc) is 3.02. The van der Waals surface area contributed by atoms with Crippen molar-refractivity contribution in [2.75, 3.05) is 0 Å². The molecule has 0 unspecified atom stereocenters. The smallest absolute Gasteiger partial charge is 0.290 e. The molecule has 1 fully saturated rings. The van der Waals surface area contributed by atoms with Crippen molar-refractivity contribution in [2.24, 2.45) is 0 Å². The second kappa shape index (κ2) is 8.83. The lowest BCUT2D eigenvalue weighted by molar-refractivity contribution is -0.107. The molecule has 1 aliphatic rings. The quantitative estimate of drug-likeness (QED) is 0.554. The highest BCUT2D eigenvalue weighted by molar-refractivity contribution is 5.77. The standard InChI is InChI=1S/C15H19FN2O.C9H8F2O/c1-14(2,19)10-5-6-11-12(9-10)18(13(16)17-11)15(3)7-4-8-15;10-6-8-5-9(11)2-1-7(8)3-4-12/h5-6,9,19H,4,7-8H2,1-3H3;1-2,4-5H,3,6H2. The summed E-state index contributed by atoms with van der Waals surface area (Å²) in [6.07, 6.45) is 3.46. The number of nitrogens with zero attached hydrogens (tertiary/aromatic N) is 2. The van der Waals surface area contributed by atoms with Crippen molar-refractivity contribution in [1.82, 2.24) is 9.55 Å². The summed E-state index contributed by atoms with van der Waals surface area (Å²) in [5.74, 6) is -0.475. The van der Waals surface area contributed by atoms with Crippen LogP contribution >= 0.6 is 0 Å². The van der Waals surface area contributed by atoms with Crippen LogP contribution in [0.15, 0.2) is 36.4 Å². The first-order valence-electron chi connectivity index (χ1n) is 10.3. The first-order valence-corrected chi connectivity index (χ1v) is 10.3. The van der Waals surface area contributed by atoms with Crippen LogP contribution in [-0.4, -0.2) is 20.9 Å². The monoisotopic (exact) mass is 432 g/mol. The topological polar surface area (TPSA) is 55.1 Å². The Morgan fingerprint density at radius 1 is 1.16 bits per heavy atom. The van der Waals surface area contributed by atoms with E-state index in [0.29, 0.717) is 17.4 Å². The lowest BCUT2D eigenvalue weighted by Crippen LogP contribution is -2.38. The Hall–Kier alpha value is -2.67. The van der Waals surface area contributed by atoms with Gasteiger partial charge >= 0.3 is 0 Å². The third-order valence-electron chi connectivity index (χ3n) is 5.91. The molecule has 0 atom stereocenters. The number of alkyl halides is 1. The number of aromatic nitrogens is 2. The van der Waals surface area contributed by atoms with Gasteiger partial charge in [0, 0.05) is 12.0 Å². The fourth-order valence-corrected chi connectivity index (χ4v) is 3.86. The molecule has 7 heteroatoms. The summed E-state index contributed by atoms with van der Waals surface area (Å²) in [5.41, 5.74) is 1.91. The van der Waals surface area contributed by atoms with E-state index in [-0.39, 0.29) is 17.5 Å². The molecule has 4 nitrogen and oxygen atoms in total. The average molecular weight is 432 g/mol. The van der Waals surface area contributed by atoms with Crippen molar-refractivity contribution in [3.63, 3.8) is 0 Å². The normalized spacial score (nSPS) is 15.2. The predicted molar refractivity (Wildman–Crippen MR) is 113 cm³/mol. The Bertz CT molecular complexity index is 1080. The van der Waals surface area contributed by atoms with Gasteiger partial charge in [0.1, 0.15) is 18.8 Å². The molecule has 0 amide bonds. The molecular formula is C24H27F3N2O2. The highest BCUT2D eigenvalue weighted by Crippen LogP contribution is 2.41. The van der Waals surface area contributed by atoms with Crippen LogP contribution in [0.2, 0.25) is 0 Å². The van der Waals surface area contributed by atoms with Crippen molar-refractivity contribution >= 4 is 17.3 Å². The number of rotatable bonds is 5. The van der Waals surface area contributed by atoms with Gasteiger partial charge in [-0.15, -0.1) is 0 Å². The SMILES string of the molecule is CC(C)(O)c1ccc2nc(F)n(C3(C)CCC3)c2c1.O=CCc1ccc(F)cc1CF. The van der Waals surface area contributed by atoms with Gasteiger partial charge in [-0.2, -0.15) is 4.39 Å². The number of imidazole rings is 1. The van der Waals surface area contributed by atoms with E-state index < -0.39 is 24.2 Å². The summed E-state index contributed by atoms with van der Waals surface area (Å²) < 4.78 is 40.6. The summed E-state index contributed by atoms with van der Waals surface area (Å²) in [7, 11) is 0. The van der Waals surface area contributed by atoms with Crippen LogP contribution in [0.25, 0.3) is 11.0 Å². The van der Waals surface area contributed by atoms with E-state index in [1.807, 2.05) is 12.1 Å². The Labute approximate surface area is 179 Å². The molecule has 1 heterocycles. The maximum absolute atomic E-state index is 14.1. The molecule has 166 valence electrons. The number of benzene rings is 2. The van der Waals surface area contributed by atoms with E-state index in [2.05, 4.69) is 11.9 Å². The number of hydrogen-bond acceptors (Lipinski definition) is 3. The van der Waals surface area contributed by atoms with Crippen LogP contribution in [0.1, 0.15) is 56.7 Å². The summed E-state index contributed by atoms with van der Waals surface area (Å²) in [4.78, 5) is 14.1. The molecule has 0 aliphatic heterocycles. The van der Waals surface area contributed by atoms with Gasteiger partial charge in [0.25, 0.3) is 6.08 Å². The van der Waals surface area contributed by atoms with Crippen LogP contribution in [0.3, 0.4) is 0 Å². The number of carbonyl (C=O) groups excluding carboxylic acids is 1. The van der Waals surface area contributed by atoms with E-state index >= 15 is 0 Å². The molecule has 1 aliphatic carbocycles. The minimum absolute atomic E-state index is 0.138. The van der Waals surface area contributed by atoms with Crippen LogP contribution in [0.5, 0.6) is 0 Å². The molecule has 1 aromatic heterocycles. The zero-order valence-electron chi connectivity index (χ0n) is 18.0. The van der Waals surface area contributed by atoms with Gasteiger partial charge in [0.05, 0.1) is 16.6 Å². The molecule has 1 saturated carbocycles. The second-order valence-electron chi connectivity index (χ2n) is 8.75. The predicted octanol–water partition coefficient (Wildman–Crippen LogP) is 5.34. The summed E-state index contributed by atoms with van der Waals surface area (Å²) in [6.45, 7) is 4.80. The first kappa shape index (κ1) is 23.0. The molecule has 4 rings (SSSR count). The molecule has 31 heavy (non-hydrogen) atoms. The minimum Gasteiger partial charge on any atom is -0.386 e. The lowest BCUT2D eigenvalue weighted by atomic mass is 9.78. The van der Waals surface area contributed by atoms with Crippen molar-refractivity contribution in [2.45, 2.75) is 64.3 Å². The number of halogens is 3. The fourth-order valence-electron chi connectivity index (χ4n) is 3.86. The zero-order valence-corrected chi connectivity index (χ0v) is 18.0. The van der Waals surface area contributed by atoms with Gasteiger partial charge in [-0.05, 0) is 81.0 Å².